The van der Waals surface area contributed by atoms with Crippen molar-refractivity contribution in [1.82, 2.24) is 0 Å². The van der Waals surface area contributed by atoms with E-state index in [0.717, 1.165) is 5.69 Å². The molecule has 1 nitrogen and oxygen atoms in total. The fourth-order valence-electron chi connectivity index (χ4n) is 2.85. The largest absolute Gasteiger partial charge is 0.355 e. The maximum absolute atomic E-state index is 3.55. The van der Waals surface area contributed by atoms with Crippen LogP contribution in [0, 0.1) is 6.92 Å². The van der Waals surface area contributed by atoms with Gasteiger partial charge in [0, 0.05) is 11.4 Å². The van der Waals surface area contributed by atoms with Gasteiger partial charge in [-0.05, 0) is 59.9 Å². The molecule has 1 N–H and O–H groups in total. The van der Waals surface area contributed by atoms with Crippen LogP contribution in [0.5, 0.6) is 0 Å². The molecule has 0 bridgehead atoms. The fraction of sp³-hybridized carbons (Fsp3) is 0.238. The van der Waals surface area contributed by atoms with Gasteiger partial charge in [0.05, 0.1) is 0 Å². The van der Waals surface area contributed by atoms with Gasteiger partial charge in [-0.1, -0.05) is 55.8 Å². The van der Waals surface area contributed by atoms with E-state index in [9.17, 15) is 0 Å². The number of aryl methyl sites for hydroxylation is 2. The summed E-state index contributed by atoms with van der Waals surface area (Å²) in [5, 5.41) is 6.15. The molecule has 0 saturated carbocycles. The summed E-state index contributed by atoms with van der Waals surface area (Å²) in [5.74, 6) is 0. The van der Waals surface area contributed by atoms with E-state index in [1.807, 2.05) is 0 Å². The van der Waals surface area contributed by atoms with Crippen LogP contribution < -0.4 is 5.32 Å². The van der Waals surface area contributed by atoms with Gasteiger partial charge >= 0.3 is 0 Å². The van der Waals surface area contributed by atoms with Gasteiger partial charge in [0.2, 0.25) is 0 Å². The predicted octanol–water partition coefficient (Wildman–Crippen LogP) is 6.23. The summed E-state index contributed by atoms with van der Waals surface area (Å²) < 4.78 is 0. The van der Waals surface area contributed by atoms with Crippen LogP contribution in [0.15, 0.2) is 60.7 Å². The molecule has 0 aromatic heterocycles. The molecule has 1 heteroatoms. The van der Waals surface area contributed by atoms with Crippen LogP contribution in [0.1, 0.15) is 30.9 Å². The molecule has 0 aliphatic rings. The quantitative estimate of drug-likeness (QED) is 0.586. The fourth-order valence-corrected chi connectivity index (χ4v) is 2.85. The second-order valence-corrected chi connectivity index (χ2v) is 5.88. The van der Waals surface area contributed by atoms with Crippen molar-refractivity contribution in [2.45, 2.75) is 33.1 Å². The van der Waals surface area contributed by atoms with Crippen molar-refractivity contribution in [3.05, 3.63) is 71.8 Å². The first-order valence-corrected chi connectivity index (χ1v) is 8.12. The standard InChI is InChI=1S/C21H23N/c1-3-4-7-17-10-13-19(14-11-17)22-21-15-12-18-8-5-6-9-20(18)16(21)2/h5-6,8-15,22H,3-4,7H2,1-2H3. The van der Waals surface area contributed by atoms with Gasteiger partial charge in [-0.25, -0.2) is 0 Å². The molecule has 0 amide bonds. The minimum atomic E-state index is 1.15. The summed E-state index contributed by atoms with van der Waals surface area (Å²) in [7, 11) is 0. The zero-order valence-corrected chi connectivity index (χ0v) is 13.4. The first kappa shape index (κ1) is 14.6. The van der Waals surface area contributed by atoms with E-state index in [-0.39, 0.29) is 0 Å². The number of rotatable bonds is 5. The number of anilines is 2. The molecule has 3 aromatic carbocycles. The van der Waals surface area contributed by atoms with Crippen LogP contribution in [0.2, 0.25) is 0 Å². The molecule has 0 radical (unpaired) electrons. The number of fused-ring (bicyclic) bond motifs is 1. The van der Waals surface area contributed by atoms with Crippen molar-refractivity contribution in [2.75, 3.05) is 5.32 Å². The summed E-state index contributed by atoms with van der Waals surface area (Å²) >= 11 is 0. The van der Waals surface area contributed by atoms with Crippen molar-refractivity contribution in [2.24, 2.45) is 0 Å². The molecular formula is C21H23N. The zero-order valence-electron chi connectivity index (χ0n) is 13.4. The van der Waals surface area contributed by atoms with Crippen molar-refractivity contribution in [3.63, 3.8) is 0 Å². The summed E-state index contributed by atoms with van der Waals surface area (Å²) in [5.41, 5.74) is 5.05. The van der Waals surface area contributed by atoms with Crippen LogP contribution in [0.25, 0.3) is 10.8 Å². The first-order valence-electron chi connectivity index (χ1n) is 8.12. The van der Waals surface area contributed by atoms with Crippen molar-refractivity contribution in [1.29, 1.82) is 0 Å². The van der Waals surface area contributed by atoms with Gasteiger partial charge in [0.1, 0.15) is 0 Å². The van der Waals surface area contributed by atoms with Gasteiger partial charge in [-0.15, -0.1) is 0 Å². The Bertz CT molecular complexity index is 756. The molecule has 112 valence electrons. The van der Waals surface area contributed by atoms with Gasteiger partial charge in [-0.2, -0.15) is 0 Å². The van der Waals surface area contributed by atoms with Crippen LogP contribution in [0.3, 0.4) is 0 Å². The van der Waals surface area contributed by atoms with E-state index >= 15 is 0 Å². The minimum absolute atomic E-state index is 1.15. The molecule has 3 aromatic rings. The average Bonchev–Trinajstić information content (AvgIpc) is 2.57. The highest BCUT2D eigenvalue weighted by molar-refractivity contribution is 5.90. The second-order valence-electron chi connectivity index (χ2n) is 5.88. The van der Waals surface area contributed by atoms with E-state index in [1.165, 1.54) is 46.8 Å². The lowest BCUT2D eigenvalue weighted by atomic mass is 10.0. The van der Waals surface area contributed by atoms with Gasteiger partial charge in [-0.3, -0.25) is 0 Å². The Labute approximate surface area is 133 Å². The Morgan fingerprint density at radius 2 is 1.64 bits per heavy atom. The van der Waals surface area contributed by atoms with Crippen LogP contribution in [-0.4, -0.2) is 0 Å². The smallest absolute Gasteiger partial charge is 0.0420 e. The van der Waals surface area contributed by atoms with E-state index < -0.39 is 0 Å². The molecule has 22 heavy (non-hydrogen) atoms. The third-order valence-electron chi connectivity index (χ3n) is 4.25. The molecule has 0 atom stereocenters. The number of nitrogens with one attached hydrogen (secondary N) is 1. The molecule has 0 fully saturated rings. The Morgan fingerprint density at radius 3 is 2.41 bits per heavy atom. The van der Waals surface area contributed by atoms with Crippen LogP contribution in [-0.2, 0) is 6.42 Å². The summed E-state index contributed by atoms with van der Waals surface area (Å²) in [6, 6.07) is 21.7. The molecule has 3 rings (SSSR count). The maximum atomic E-state index is 3.55. The Balaban J connectivity index is 1.82. The van der Waals surface area contributed by atoms with E-state index in [4.69, 9.17) is 0 Å². The topological polar surface area (TPSA) is 12.0 Å². The molecule has 0 unspecified atom stereocenters. The van der Waals surface area contributed by atoms with Gasteiger partial charge in [0.15, 0.2) is 0 Å². The van der Waals surface area contributed by atoms with E-state index in [2.05, 4.69) is 79.8 Å². The number of hydrogen-bond acceptors (Lipinski definition) is 1. The number of benzene rings is 3. The summed E-state index contributed by atoms with van der Waals surface area (Å²) in [4.78, 5) is 0. The average molecular weight is 289 g/mol. The lowest BCUT2D eigenvalue weighted by Gasteiger charge is -2.12. The predicted molar refractivity (Wildman–Crippen MR) is 97.0 cm³/mol. The normalized spacial score (nSPS) is 10.8. The molecule has 0 aliphatic carbocycles. The summed E-state index contributed by atoms with van der Waals surface area (Å²) in [6.07, 6.45) is 3.68. The maximum Gasteiger partial charge on any atom is 0.0420 e. The molecular weight excluding hydrogens is 266 g/mol. The van der Waals surface area contributed by atoms with Crippen molar-refractivity contribution >= 4 is 22.1 Å². The third-order valence-corrected chi connectivity index (χ3v) is 4.25. The Morgan fingerprint density at radius 1 is 0.864 bits per heavy atom. The third kappa shape index (κ3) is 3.14. The Kier molecular flexibility index (Phi) is 4.43. The highest BCUT2D eigenvalue weighted by atomic mass is 14.9. The van der Waals surface area contributed by atoms with Crippen molar-refractivity contribution in [3.8, 4) is 0 Å². The van der Waals surface area contributed by atoms with Gasteiger partial charge < -0.3 is 5.32 Å². The SMILES string of the molecule is CCCCc1ccc(Nc2ccc3ccccc3c2C)cc1. The molecule has 0 heterocycles. The van der Waals surface area contributed by atoms with E-state index in [1.54, 1.807) is 0 Å². The lowest BCUT2D eigenvalue weighted by molar-refractivity contribution is 0.795. The lowest BCUT2D eigenvalue weighted by Crippen LogP contribution is -1.94. The summed E-state index contributed by atoms with van der Waals surface area (Å²) in [6.45, 7) is 4.42. The van der Waals surface area contributed by atoms with Gasteiger partial charge in [0.25, 0.3) is 0 Å². The molecule has 0 saturated heterocycles. The second kappa shape index (κ2) is 6.65. The number of hydrogen-bond donors (Lipinski definition) is 1. The van der Waals surface area contributed by atoms with E-state index in [0.29, 0.717) is 0 Å². The molecule has 0 spiro atoms. The first-order chi connectivity index (χ1) is 10.8. The zero-order chi connectivity index (χ0) is 15.4. The number of unbranched alkanes of at least 4 members (excludes halogenated alkanes) is 1. The highest BCUT2D eigenvalue weighted by Crippen LogP contribution is 2.28. The van der Waals surface area contributed by atoms with Crippen LogP contribution in [0.4, 0.5) is 11.4 Å². The monoisotopic (exact) mass is 289 g/mol. The highest BCUT2D eigenvalue weighted by Gasteiger charge is 2.03. The minimum Gasteiger partial charge on any atom is -0.355 e. The van der Waals surface area contributed by atoms with Crippen LogP contribution >= 0.6 is 0 Å². The molecule has 0 aliphatic heterocycles. The Hall–Kier alpha value is -2.28. The van der Waals surface area contributed by atoms with Crippen molar-refractivity contribution < 1.29 is 0 Å².